The molecule has 23 heavy (non-hydrogen) atoms. The van der Waals surface area contributed by atoms with Crippen LogP contribution in [-0.2, 0) is 11.0 Å². The van der Waals surface area contributed by atoms with Crippen molar-refractivity contribution >= 4 is 17.5 Å². The smallest absolute Gasteiger partial charge is 0.417 e. The average molecular weight is 354 g/mol. The molecule has 1 unspecified atom stereocenters. The number of rotatable bonds is 7. The Hall–Kier alpha value is -1.54. The molecule has 0 aliphatic rings. The second-order valence-electron chi connectivity index (χ2n) is 5.28. The maximum absolute atomic E-state index is 12.5. The number of ether oxygens (including phenoxy) is 1. The van der Waals surface area contributed by atoms with Crippen LogP contribution in [0.1, 0.15) is 32.3 Å². The van der Waals surface area contributed by atoms with Crippen molar-refractivity contribution in [3.05, 3.63) is 22.8 Å². The number of nitrogens with two attached hydrogens (primary N) is 1. The van der Waals surface area contributed by atoms with Gasteiger partial charge < -0.3 is 15.8 Å². The Kier molecular flexibility index (Phi) is 6.64. The van der Waals surface area contributed by atoms with Gasteiger partial charge in [0.05, 0.1) is 17.6 Å². The van der Waals surface area contributed by atoms with Crippen LogP contribution >= 0.6 is 11.6 Å². The Morgan fingerprint density at radius 2 is 2.13 bits per heavy atom. The van der Waals surface area contributed by atoms with Crippen LogP contribution in [0.5, 0.6) is 5.88 Å². The lowest BCUT2D eigenvalue weighted by molar-refractivity contribution is -0.137. The minimum Gasteiger partial charge on any atom is -0.475 e. The fraction of sp³-hybridized carbons (Fsp3) is 0.571. The molecule has 1 rings (SSSR count). The molecule has 1 heterocycles. The zero-order valence-electron chi connectivity index (χ0n) is 12.8. The van der Waals surface area contributed by atoms with Gasteiger partial charge in [0, 0.05) is 6.20 Å². The van der Waals surface area contributed by atoms with Gasteiger partial charge in [-0.15, -0.1) is 0 Å². The fourth-order valence-corrected chi connectivity index (χ4v) is 2.05. The molecule has 3 N–H and O–H groups in total. The molecular weight excluding hydrogens is 335 g/mol. The standard InChI is InChI=1S/C14H19ClF3N3O2/c1-3-4-13(2,19)12(22)20-5-6-23-11-10(15)7-9(8-21-11)14(16,17)18/h7-8H,3-6,19H2,1-2H3,(H,20,22). The van der Waals surface area contributed by atoms with E-state index in [0.29, 0.717) is 12.6 Å². The van der Waals surface area contributed by atoms with Gasteiger partial charge in [0.1, 0.15) is 11.6 Å². The van der Waals surface area contributed by atoms with Gasteiger partial charge in [-0.1, -0.05) is 24.9 Å². The van der Waals surface area contributed by atoms with Crippen LogP contribution in [0.15, 0.2) is 12.3 Å². The first-order valence-electron chi connectivity index (χ1n) is 7.00. The van der Waals surface area contributed by atoms with Gasteiger partial charge >= 0.3 is 6.18 Å². The first kappa shape index (κ1) is 19.5. The van der Waals surface area contributed by atoms with Crippen molar-refractivity contribution in [2.45, 2.75) is 38.4 Å². The van der Waals surface area contributed by atoms with E-state index >= 15 is 0 Å². The normalized spacial score (nSPS) is 14.2. The Bertz CT molecular complexity index is 551. The summed E-state index contributed by atoms with van der Waals surface area (Å²) >= 11 is 5.70. The maximum atomic E-state index is 12.5. The maximum Gasteiger partial charge on any atom is 0.417 e. The lowest BCUT2D eigenvalue weighted by Gasteiger charge is -2.22. The fourth-order valence-electron chi connectivity index (χ4n) is 1.83. The number of aromatic nitrogens is 1. The number of carbonyl (C=O) groups excluding carboxylic acids is 1. The van der Waals surface area contributed by atoms with Crippen molar-refractivity contribution in [1.82, 2.24) is 10.3 Å². The van der Waals surface area contributed by atoms with E-state index in [1.807, 2.05) is 6.92 Å². The number of pyridine rings is 1. The van der Waals surface area contributed by atoms with Crippen LogP contribution in [0.25, 0.3) is 0 Å². The summed E-state index contributed by atoms with van der Waals surface area (Å²) in [6, 6.07) is 0.737. The number of amides is 1. The zero-order valence-corrected chi connectivity index (χ0v) is 13.6. The SMILES string of the molecule is CCCC(C)(N)C(=O)NCCOc1ncc(C(F)(F)F)cc1Cl. The second kappa shape index (κ2) is 7.83. The van der Waals surface area contributed by atoms with Crippen LogP contribution in [0.4, 0.5) is 13.2 Å². The van der Waals surface area contributed by atoms with Gasteiger partial charge in [0.25, 0.3) is 0 Å². The quantitative estimate of drug-likeness (QED) is 0.739. The van der Waals surface area contributed by atoms with Crippen LogP contribution in [0.3, 0.4) is 0 Å². The molecule has 1 aromatic heterocycles. The van der Waals surface area contributed by atoms with Crippen molar-refractivity contribution in [1.29, 1.82) is 0 Å². The Labute approximate surface area is 137 Å². The molecule has 0 aromatic carbocycles. The molecule has 130 valence electrons. The highest BCUT2D eigenvalue weighted by atomic mass is 35.5. The van der Waals surface area contributed by atoms with Crippen LogP contribution in [0.2, 0.25) is 5.02 Å². The summed E-state index contributed by atoms with van der Waals surface area (Å²) in [4.78, 5) is 15.4. The monoisotopic (exact) mass is 353 g/mol. The summed E-state index contributed by atoms with van der Waals surface area (Å²) in [6.45, 7) is 3.68. The first-order chi connectivity index (χ1) is 10.6. The number of hydrogen-bond donors (Lipinski definition) is 2. The van der Waals surface area contributed by atoms with Crippen LogP contribution in [-0.4, -0.2) is 29.6 Å². The largest absolute Gasteiger partial charge is 0.475 e. The lowest BCUT2D eigenvalue weighted by atomic mass is 9.97. The summed E-state index contributed by atoms with van der Waals surface area (Å²) < 4.78 is 42.6. The van der Waals surface area contributed by atoms with E-state index < -0.39 is 17.3 Å². The van der Waals surface area contributed by atoms with Gasteiger partial charge in [0.2, 0.25) is 11.8 Å². The third-order valence-electron chi connectivity index (χ3n) is 3.05. The van der Waals surface area contributed by atoms with Crippen molar-refractivity contribution in [3.8, 4) is 5.88 Å². The molecule has 0 fully saturated rings. The second-order valence-corrected chi connectivity index (χ2v) is 5.69. The van der Waals surface area contributed by atoms with Gasteiger partial charge in [-0.25, -0.2) is 4.98 Å². The summed E-state index contributed by atoms with van der Waals surface area (Å²) in [5, 5.41) is 2.34. The highest BCUT2D eigenvalue weighted by Crippen LogP contribution is 2.32. The number of hydrogen-bond acceptors (Lipinski definition) is 4. The average Bonchev–Trinajstić information content (AvgIpc) is 2.43. The predicted octanol–water partition coefficient (Wildman–Crippen LogP) is 2.77. The Morgan fingerprint density at radius 3 is 2.65 bits per heavy atom. The first-order valence-corrected chi connectivity index (χ1v) is 7.38. The highest BCUT2D eigenvalue weighted by molar-refractivity contribution is 6.31. The summed E-state index contributed by atoms with van der Waals surface area (Å²) in [7, 11) is 0. The van der Waals surface area contributed by atoms with E-state index in [1.54, 1.807) is 6.92 Å². The van der Waals surface area contributed by atoms with Gasteiger partial charge in [-0.2, -0.15) is 13.2 Å². The van der Waals surface area contributed by atoms with E-state index in [1.165, 1.54) is 0 Å². The van der Waals surface area contributed by atoms with Crippen molar-refractivity contribution < 1.29 is 22.7 Å². The third-order valence-corrected chi connectivity index (χ3v) is 3.32. The third kappa shape index (κ3) is 5.87. The van der Waals surface area contributed by atoms with E-state index in [-0.39, 0.29) is 30.0 Å². The molecule has 1 aromatic rings. The molecule has 0 bridgehead atoms. The van der Waals surface area contributed by atoms with E-state index in [9.17, 15) is 18.0 Å². The van der Waals surface area contributed by atoms with Crippen LogP contribution in [0, 0.1) is 0 Å². The van der Waals surface area contributed by atoms with Gasteiger partial charge in [-0.3, -0.25) is 4.79 Å². The molecule has 0 aliphatic heterocycles. The Balaban J connectivity index is 2.49. The zero-order chi connectivity index (χ0) is 17.7. The predicted molar refractivity (Wildman–Crippen MR) is 80.3 cm³/mol. The molecule has 5 nitrogen and oxygen atoms in total. The van der Waals surface area contributed by atoms with Crippen LogP contribution < -0.4 is 15.8 Å². The summed E-state index contributed by atoms with van der Waals surface area (Å²) in [5.41, 5.74) is 3.92. The number of halogens is 4. The Morgan fingerprint density at radius 1 is 1.48 bits per heavy atom. The topological polar surface area (TPSA) is 77.2 Å². The number of alkyl halides is 3. The minimum atomic E-state index is -4.52. The molecule has 0 spiro atoms. The molecule has 0 saturated carbocycles. The molecule has 1 amide bonds. The molecule has 1 atom stereocenters. The molecule has 0 saturated heterocycles. The van der Waals surface area contributed by atoms with Crippen molar-refractivity contribution in [3.63, 3.8) is 0 Å². The number of nitrogens with zero attached hydrogens (tertiary/aromatic N) is 1. The lowest BCUT2D eigenvalue weighted by Crippen LogP contribution is -2.52. The molecule has 0 radical (unpaired) electrons. The van der Waals surface area contributed by atoms with E-state index in [4.69, 9.17) is 22.1 Å². The molecule has 9 heteroatoms. The van der Waals surface area contributed by atoms with Gasteiger partial charge in [0.15, 0.2) is 0 Å². The van der Waals surface area contributed by atoms with Crippen molar-refractivity contribution in [2.75, 3.05) is 13.2 Å². The minimum absolute atomic E-state index is 0.00598. The van der Waals surface area contributed by atoms with Gasteiger partial charge in [-0.05, 0) is 19.4 Å². The van der Waals surface area contributed by atoms with Crippen molar-refractivity contribution in [2.24, 2.45) is 5.73 Å². The molecule has 0 aliphatic carbocycles. The van der Waals surface area contributed by atoms with E-state index in [2.05, 4.69) is 10.3 Å². The number of carbonyl (C=O) groups is 1. The summed E-state index contributed by atoms with van der Waals surface area (Å²) in [6.07, 6.45) is -2.58. The molecular formula is C14H19ClF3N3O2. The number of nitrogens with one attached hydrogen (secondary N) is 1. The highest BCUT2D eigenvalue weighted by Gasteiger charge is 2.31. The van der Waals surface area contributed by atoms with E-state index in [0.717, 1.165) is 12.5 Å². The summed E-state index contributed by atoms with van der Waals surface area (Å²) in [5.74, 6) is -0.451.